The molecule has 0 heterocycles. The lowest BCUT2D eigenvalue weighted by Crippen LogP contribution is -1.97. The Balaban J connectivity index is 1.76. The molecule has 0 radical (unpaired) electrons. The van der Waals surface area contributed by atoms with Crippen molar-refractivity contribution in [2.24, 2.45) is 0 Å². The highest BCUT2D eigenvalue weighted by molar-refractivity contribution is 5.45. The zero-order valence-electron chi connectivity index (χ0n) is 17.8. The van der Waals surface area contributed by atoms with Gasteiger partial charge in [0.15, 0.2) is 0 Å². The van der Waals surface area contributed by atoms with Crippen LogP contribution in [0.4, 0.5) is 0 Å². The van der Waals surface area contributed by atoms with Crippen molar-refractivity contribution in [2.75, 3.05) is 13.2 Å². The van der Waals surface area contributed by atoms with Crippen molar-refractivity contribution in [1.29, 1.82) is 0 Å². The van der Waals surface area contributed by atoms with Crippen LogP contribution in [0.15, 0.2) is 48.5 Å². The first-order valence-electron chi connectivity index (χ1n) is 10.7. The fraction of sp³-hybridized carbons (Fsp3) is 0.407. The van der Waals surface area contributed by atoms with Crippen molar-refractivity contribution < 1.29 is 9.47 Å². The zero-order chi connectivity index (χ0) is 20.6. The van der Waals surface area contributed by atoms with E-state index in [2.05, 4.69) is 30.6 Å². The summed E-state index contributed by atoms with van der Waals surface area (Å²) in [5.41, 5.74) is 1.95. The van der Waals surface area contributed by atoms with Gasteiger partial charge in [0.2, 0.25) is 0 Å². The first-order chi connectivity index (χ1) is 14.3. The number of unbranched alkanes of at least 4 members (excludes halogenated alkanes) is 4. The van der Waals surface area contributed by atoms with Crippen molar-refractivity contribution in [1.82, 2.24) is 0 Å². The number of ether oxygens (including phenoxy) is 2. The quantitative estimate of drug-likeness (QED) is 0.336. The molecular formula is C27H32O2. The van der Waals surface area contributed by atoms with E-state index in [4.69, 9.17) is 9.47 Å². The SMILES string of the molecule is CCC#CCCOc1ccc(C#Cc2ccc(OCCCCCCC)cc2)cc1. The van der Waals surface area contributed by atoms with Gasteiger partial charge in [-0.1, -0.05) is 57.3 Å². The molecule has 0 bridgehead atoms. The Morgan fingerprint density at radius 2 is 1.17 bits per heavy atom. The van der Waals surface area contributed by atoms with Crippen molar-refractivity contribution in [3.8, 4) is 35.2 Å². The first kappa shape index (κ1) is 22.4. The maximum atomic E-state index is 5.80. The molecule has 2 aromatic rings. The highest BCUT2D eigenvalue weighted by Crippen LogP contribution is 2.14. The van der Waals surface area contributed by atoms with Crippen molar-refractivity contribution >= 4 is 0 Å². The van der Waals surface area contributed by atoms with Gasteiger partial charge in [0, 0.05) is 24.0 Å². The fourth-order valence-electron chi connectivity index (χ4n) is 2.74. The van der Waals surface area contributed by atoms with E-state index in [1.165, 1.54) is 25.7 Å². The van der Waals surface area contributed by atoms with Crippen molar-refractivity contribution in [3.63, 3.8) is 0 Å². The second-order valence-corrected chi connectivity index (χ2v) is 6.87. The van der Waals surface area contributed by atoms with Crippen LogP contribution in [0, 0.1) is 23.7 Å². The predicted octanol–water partition coefficient (Wildman–Crippen LogP) is 6.62. The van der Waals surface area contributed by atoms with Crippen molar-refractivity contribution in [3.05, 3.63) is 59.7 Å². The maximum absolute atomic E-state index is 5.80. The molecule has 2 aromatic carbocycles. The molecule has 0 atom stereocenters. The van der Waals surface area contributed by atoms with Gasteiger partial charge in [-0.3, -0.25) is 0 Å². The topological polar surface area (TPSA) is 18.5 Å². The molecule has 2 nitrogen and oxygen atoms in total. The van der Waals surface area contributed by atoms with Crippen LogP contribution in [0.3, 0.4) is 0 Å². The molecule has 0 saturated heterocycles. The lowest BCUT2D eigenvalue weighted by atomic mass is 10.1. The third kappa shape index (κ3) is 9.77. The van der Waals surface area contributed by atoms with E-state index in [0.29, 0.717) is 6.61 Å². The second-order valence-electron chi connectivity index (χ2n) is 6.87. The Kier molecular flexibility index (Phi) is 11.0. The third-order valence-electron chi connectivity index (χ3n) is 4.37. The van der Waals surface area contributed by atoms with Gasteiger partial charge in [-0.15, -0.1) is 5.92 Å². The van der Waals surface area contributed by atoms with Crippen LogP contribution in [-0.2, 0) is 0 Å². The number of hydrogen-bond donors (Lipinski definition) is 0. The molecule has 29 heavy (non-hydrogen) atoms. The standard InChI is InChI=1S/C27H32O2/c1-3-5-7-9-11-23-29-27-20-16-25(17-21-27)13-12-24-14-18-26(19-15-24)28-22-10-8-6-4-2/h14-21H,3-5,7,9-11,22-23H2,1-2H3. The van der Waals surface area contributed by atoms with Crippen LogP contribution in [0.2, 0.25) is 0 Å². The molecule has 0 aliphatic heterocycles. The Morgan fingerprint density at radius 3 is 1.72 bits per heavy atom. The van der Waals surface area contributed by atoms with E-state index < -0.39 is 0 Å². The largest absolute Gasteiger partial charge is 0.494 e. The highest BCUT2D eigenvalue weighted by Gasteiger charge is 1.96. The molecule has 0 aliphatic rings. The molecule has 0 fully saturated rings. The van der Waals surface area contributed by atoms with Gasteiger partial charge in [-0.25, -0.2) is 0 Å². The van der Waals surface area contributed by atoms with Crippen LogP contribution >= 0.6 is 0 Å². The number of hydrogen-bond acceptors (Lipinski definition) is 2. The van der Waals surface area contributed by atoms with E-state index in [0.717, 1.165) is 48.5 Å². The van der Waals surface area contributed by atoms with Gasteiger partial charge in [-0.05, 0) is 55.0 Å². The van der Waals surface area contributed by atoms with Gasteiger partial charge in [0.25, 0.3) is 0 Å². The average Bonchev–Trinajstić information content (AvgIpc) is 2.76. The van der Waals surface area contributed by atoms with Gasteiger partial charge in [-0.2, -0.15) is 0 Å². The molecule has 0 aromatic heterocycles. The van der Waals surface area contributed by atoms with Crippen LogP contribution in [0.1, 0.15) is 69.9 Å². The second kappa shape index (κ2) is 14.2. The Labute approximate surface area is 176 Å². The predicted molar refractivity (Wildman–Crippen MR) is 121 cm³/mol. The van der Waals surface area contributed by atoms with Gasteiger partial charge < -0.3 is 9.47 Å². The molecule has 2 heteroatoms. The molecule has 0 aliphatic carbocycles. The van der Waals surface area contributed by atoms with Crippen LogP contribution < -0.4 is 9.47 Å². The highest BCUT2D eigenvalue weighted by atomic mass is 16.5. The summed E-state index contributed by atoms with van der Waals surface area (Å²) in [5.74, 6) is 14.3. The zero-order valence-corrected chi connectivity index (χ0v) is 17.8. The Hall–Kier alpha value is -2.84. The monoisotopic (exact) mass is 388 g/mol. The smallest absolute Gasteiger partial charge is 0.119 e. The van der Waals surface area contributed by atoms with Crippen LogP contribution in [-0.4, -0.2) is 13.2 Å². The molecule has 2 rings (SSSR count). The molecule has 0 amide bonds. The normalized spacial score (nSPS) is 9.72. The first-order valence-corrected chi connectivity index (χ1v) is 10.7. The number of rotatable bonds is 10. The summed E-state index contributed by atoms with van der Waals surface area (Å²) in [6.45, 7) is 5.68. The molecule has 152 valence electrons. The molecule has 0 unspecified atom stereocenters. The third-order valence-corrected chi connectivity index (χ3v) is 4.37. The fourth-order valence-corrected chi connectivity index (χ4v) is 2.74. The van der Waals surface area contributed by atoms with Gasteiger partial charge >= 0.3 is 0 Å². The average molecular weight is 389 g/mol. The molecule has 0 spiro atoms. The molecule has 0 N–H and O–H groups in total. The summed E-state index contributed by atoms with van der Waals surface area (Å²) in [7, 11) is 0. The van der Waals surface area contributed by atoms with Gasteiger partial charge in [0.1, 0.15) is 11.5 Å². The van der Waals surface area contributed by atoms with Crippen molar-refractivity contribution in [2.45, 2.75) is 58.8 Å². The van der Waals surface area contributed by atoms with E-state index in [-0.39, 0.29) is 0 Å². The van der Waals surface area contributed by atoms with Crippen LogP contribution in [0.25, 0.3) is 0 Å². The van der Waals surface area contributed by atoms with E-state index in [9.17, 15) is 0 Å². The molecule has 0 saturated carbocycles. The van der Waals surface area contributed by atoms with E-state index >= 15 is 0 Å². The van der Waals surface area contributed by atoms with Gasteiger partial charge in [0.05, 0.1) is 13.2 Å². The van der Waals surface area contributed by atoms with Crippen LogP contribution in [0.5, 0.6) is 11.5 Å². The number of benzene rings is 2. The lowest BCUT2D eigenvalue weighted by molar-refractivity contribution is 0.304. The lowest BCUT2D eigenvalue weighted by Gasteiger charge is -2.05. The minimum absolute atomic E-state index is 0.616. The Bertz CT molecular complexity index is 811. The summed E-state index contributed by atoms with van der Waals surface area (Å²) >= 11 is 0. The Morgan fingerprint density at radius 1 is 0.621 bits per heavy atom. The minimum atomic E-state index is 0.616. The van der Waals surface area contributed by atoms with E-state index in [1.54, 1.807) is 0 Å². The molecular weight excluding hydrogens is 356 g/mol. The van der Waals surface area contributed by atoms with E-state index in [1.807, 2.05) is 55.5 Å². The minimum Gasteiger partial charge on any atom is -0.494 e. The summed E-state index contributed by atoms with van der Waals surface area (Å²) in [5, 5.41) is 0. The summed E-state index contributed by atoms with van der Waals surface area (Å²) in [6.07, 6.45) is 7.90. The summed E-state index contributed by atoms with van der Waals surface area (Å²) in [6, 6.07) is 15.9. The maximum Gasteiger partial charge on any atom is 0.119 e. The summed E-state index contributed by atoms with van der Waals surface area (Å²) < 4.78 is 11.5. The summed E-state index contributed by atoms with van der Waals surface area (Å²) in [4.78, 5) is 0.